The number of aliphatic hydroxyl groups excluding tert-OH is 1. The molecule has 0 bridgehead atoms. The van der Waals surface area contributed by atoms with E-state index in [-0.39, 0.29) is 38.8 Å². The van der Waals surface area contributed by atoms with E-state index >= 15 is 0 Å². The molecular weight excluding hydrogens is 437 g/mol. The molecular formula is C25H33OSY-. The second-order valence-electron chi connectivity index (χ2n) is 7.97. The summed E-state index contributed by atoms with van der Waals surface area (Å²) in [7, 11) is 0. The first-order valence-electron chi connectivity index (χ1n) is 10.6. The summed E-state index contributed by atoms with van der Waals surface area (Å²) in [5.41, 5.74) is 5.56. The second kappa shape index (κ2) is 12.4. The maximum atomic E-state index is 10.4. The van der Waals surface area contributed by atoms with Crippen LogP contribution >= 0.6 is 11.3 Å². The average molecular weight is 471 g/mol. The van der Waals surface area contributed by atoms with Crippen LogP contribution in [0.1, 0.15) is 87.3 Å². The molecule has 1 aromatic carbocycles. The Morgan fingerprint density at radius 3 is 2.61 bits per heavy atom. The Morgan fingerprint density at radius 2 is 1.93 bits per heavy atom. The van der Waals surface area contributed by atoms with E-state index < -0.39 is 0 Å². The third-order valence-electron chi connectivity index (χ3n) is 5.93. The van der Waals surface area contributed by atoms with Gasteiger partial charge in [0.1, 0.15) is 0 Å². The Hall–Kier alpha value is -0.276. The fourth-order valence-electron chi connectivity index (χ4n) is 4.36. The number of aryl methyl sites for hydroxylation is 1. The van der Waals surface area contributed by atoms with E-state index in [0.29, 0.717) is 5.92 Å². The first-order valence-corrected chi connectivity index (χ1v) is 11.4. The summed E-state index contributed by atoms with van der Waals surface area (Å²) in [6.07, 6.45) is 10.3. The molecule has 1 aromatic heterocycles. The van der Waals surface area contributed by atoms with Gasteiger partial charge in [-0.3, -0.25) is 0 Å². The minimum atomic E-state index is -0.317. The molecule has 0 fully saturated rings. The molecule has 3 heteroatoms. The molecule has 2 atom stereocenters. The fourth-order valence-corrected chi connectivity index (χ4v) is 5.03. The van der Waals surface area contributed by atoms with Crippen LogP contribution in [0, 0.1) is 11.3 Å². The normalized spacial score (nSPS) is 17.6. The number of allylic oxidation sites excluding steroid dienone is 2. The summed E-state index contributed by atoms with van der Waals surface area (Å²) in [5.74, 6) is 0.689. The Bertz CT molecular complexity index is 718. The number of thiophene rings is 1. The average Bonchev–Trinajstić information content (AvgIpc) is 3.32. The van der Waals surface area contributed by atoms with Crippen molar-refractivity contribution in [1.82, 2.24) is 0 Å². The maximum Gasteiger partial charge on any atom is 0.0790 e. The molecule has 28 heavy (non-hydrogen) atoms. The number of aliphatic hydroxyl groups is 1. The van der Waals surface area contributed by atoms with Crippen molar-refractivity contribution in [2.45, 2.75) is 77.7 Å². The van der Waals surface area contributed by atoms with Gasteiger partial charge in [-0.2, -0.15) is 6.07 Å². The summed E-state index contributed by atoms with van der Waals surface area (Å²) in [5, 5.41) is 13.6. The summed E-state index contributed by atoms with van der Waals surface area (Å²) >= 11 is 1.75. The molecule has 1 radical (unpaired) electrons. The van der Waals surface area contributed by atoms with Gasteiger partial charge >= 0.3 is 0 Å². The van der Waals surface area contributed by atoms with E-state index in [9.17, 15) is 5.11 Å². The molecule has 1 nitrogen and oxygen atoms in total. The zero-order valence-electron chi connectivity index (χ0n) is 17.4. The zero-order chi connectivity index (χ0) is 19.1. The number of rotatable bonds is 10. The first kappa shape index (κ1) is 24.0. The zero-order valence-corrected chi connectivity index (χ0v) is 21.1. The summed E-state index contributed by atoms with van der Waals surface area (Å²) in [6.45, 7) is 4.51. The largest absolute Gasteiger partial charge is 0.388 e. The molecule has 1 aliphatic carbocycles. The van der Waals surface area contributed by atoms with Crippen LogP contribution < -0.4 is 0 Å². The van der Waals surface area contributed by atoms with Crippen molar-refractivity contribution in [1.29, 1.82) is 0 Å². The predicted octanol–water partition coefficient (Wildman–Crippen LogP) is 7.37. The molecule has 3 rings (SSSR count). The maximum absolute atomic E-state index is 10.4. The molecule has 0 spiro atoms. The van der Waals surface area contributed by atoms with Crippen LogP contribution in [0.25, 0.3) is 5.57 Å². The van der Waals surface area contributed by atoms with Gasteiger partial charge in [0.15, 0.2) is 0 Å². The molecule has 0 saturated heterocycles. The van der Waals surface area contributed by atoms with Gasteiger partial charge in [-0.05, 0) is 55.2 Å². The Morgan fingerprint density at radius 1 is 1.14 bits per heavy atom. The minimum Gasteiger partial charge on any atom is -0.388 e. The van der Waals surface area contributed by atoms with E-state index in [1.165, 1.54) is 55.4 Å². The molecule has 1 heterocycles. The van der Waals surface area contributed by atoms with Crippen LogP contribution in [0.5, 0.6) is 0 Å². The van der Waals surface area contributed by atoms with Gasteiger partial charge in [0, 0.05) is 32.7 Å². The van der Waals surface area contributed by atoms with Gasteiger partial charge in [0.05, 0.1) is 6.10 Å². The van der Waals surface area contributed by atoms with E-state index in [1.807, 2.05) is 6.07 Å². The van der Waals surface area contributed by atoms with Crippen LogP contribution in [0.3, 0.4) is 0 Å². The van der Waals surface area contributed by atoms with Crippen LogP contribution in [0.2, 0.25) is 0 Å². The standard InChI is InChI=1S/C25H33OS.Y/c1-3-4-5-11-24(26)20-14-16-22(17-15-20)25-19(2)12-13-21(25)8-6-9-23-10-7-18-27-23;/h7,10,14-17,21,24,26H,3-6,8-9,11-13H2,1-2H3;/q-1;/t21-,24?;/m0./s1. The van der Waals surface area contributed by atoms with Crippen LogP contribution in [-0.4, -0.2) is 5.11 Å². The van der Waals surface area contributed by atoms with Crippen molar-refractivity contribution in [2.24, 2.45) is 5.92 Å². The fraction of sp³-hybridized carbons (Fsp3) is 0.520. The predicted molar refractivity (Wildman–Crippen MR) is 117 cm³/mol. The van der Waals surface area contributed by atoms with Crippen molar-refractivity contribution in [3.63, 3.8) is 0 Å². The van der Waals surface area contributed by atoms with Crippen molar-refractivity contribution in [2.75, 3.05) is 0 Å². The van der Waals surface area contributed by atoms with E-state index in [2.05, 4.69) is 49.6 Å². The van der Waals surface area contributed by atoms with Gasteiger partial charge in [0.2, 0.25) is 0 Å². The molecule has 149 valence electrons. The van der Waals surface area contributed by atoms with Gasteiger partial charge in [0.25, 0.3) is 0 Å². The van der Waals surface area contributed by atoms with Crippen LogP contribution in [-0.2, 0) is 39.1 Å². The monoisotopic (exact) mass is 470 g/mol. The smallest absolute Gasteiger partial charge is 0.0790 e. The van der Waals surface area contributed by atoms with E-state index in [1.54, 1.807) is 22.5 Å². The first-order chi connectivity index (χ1) is 13.2. The van der Waals surface area contributed by atoms with E-state index in [0.717, 1.165) is 18.4 Å². The van der Waals surface area contributed by atoms with Crippen molar-refractivity contribution in [3.8, 4) is 0 Å². The summed E-state index contributed by atoms with van der Waals surface area (Å²) in [4.78, 5) is 1.46. The quantitative estimate of drug-likeness (QED) is 0.284. The Balaban J connectivity index is 0.00000280. The van der Waals surface area contributed by atoms with Crippen LogP contribution in [0.15, 0.2) is 42.0 Å². The van der Waals surface area contributed by atoms with Crippen molar-refractivity contribution >= 4 is 16.9 Å². The molecule has 1 aliphatic rings. The molecule has 0 saturated carbocycles. The second-order valence-corrected chi connectivity index (χ2v) is 8.94. The van der Waals surface area contributed by atoms with Gasteiger partial charge in [-0.1, -0.05) is 68.9 Å². The Labute approximate surface area is 200 Å². The summed E-state index contributed by atoms with van der Waals surface area (Å²) in [6, 6.07) is 13.0. The molecule has 1 unspecified atom stereocenters. The summed E-state index contributed by atoms with van der Waals surface area (Å²) < 4.78 is 0. The van der Waals surface area contributed by atoms with Crippen molar-refractivity contribution < 1.29 is 37.8 Å². The van der Waals surface area contributed by atoms with E-state index in [4.69, 9.17) is 0 Å². The number of benzene rings is 1. The third kappa shape index (κ3) is 6.62. The SMILES string of the molecule is CCCCCC(O)c1ccc(C2=C(C)CC[C@@H]2CCCc2cc[c-]s2)cc1.[Y]. The van der Waals surface area contributed by atoms with Crippen LogP contribution in [0.4, 0.5) is 0 Å². The topological polar surface area (TPSA) is 20.2 Å². The van der Waals surface area contributed by atoms with Gasteiger partial charge < -0.3 is 16.4 Å². The molecule has 2 aromatic rings. The number of hydrogen-bond acceptors (Lipinski definition) is 2. The Kier molecular flexibility index (Phi) is 10.6. The molecule has 1 N–H and O–H groups in total. The minimum absolute atomic E-state index is 0. The van der Waals surface area contributed by atoms with Gasteiger partial charge in [-0.25, -0.2) is 6.07 Å². The van der Waals surface area contributed by atoms with Crippen molar-refractivity contribution in [3.05, 3.63) is 63.4 Å². The third-order valence-corrected chi connectivity index (χ3v) is 6.78. The number of hydrogen-bond donors (Lipinski definition) is 1. The molecule has 0 aliphatic heterocycles. The number of unbranched alkanes of at least 4 members (excludes halogenated alkanes) is 2. The van der Waals surface area contributed by atoms with Gasteiger partial charge in [-0.15, -0.1) is 10.3 Å². The molecule has 0 amide bonds.